The first-order chi connectivity index (χ1) is 9.11. The average Bonchev–Trinajstić information content (AvgIpc) is 2.39. The molecule has 0 saturated heterocycles. The minimum Gasteiger partial charge on any atom is -0.306 e. The normalized spacial score (nSPS) is 12.4. The molecule has 2 rings (SSSR count). The number of aryl methyl sites for hydroxylation is 1. The largest absolute Gasteiger partial charge is 0.306 e. The third kappa shape index (κ3) is 3.39. The number of pyridine rings is 1. The Bertz CT molecular complexity index is 572. The van der Waals surface area contributed by atoms with E-state index in [9.17, 15) is 4.39 Å². The molecular formula is C15H16BrFN2. The lowest BCUT2D eigenvalue weighted by molar-refractivity contribution is 0.595. The molecular weight excluding hydrogens is 307 g/mol. The smallest absolute Gasteiger partial charge is 0.141 e. The standard InChI is InChI=1S/C15H16BrFN2/c1-3-19-15(11-7-12(17)9-18-8-11)13-6-10(2)4-5-14(13)16/h4-9,15,19H,3H2,1-2H3. The fourth-order valence-corrected chi connectivity index (χ4v) is 2.56. The molecule has 1 aromatic carbocycles. The molecule has 0 amide bonds. The minimum atomic E-state index is -0.316. The van der Waals surface area contributed by atoms with Gasteiger partial charge in [-0.25, -0.2) is 4.39 Å². The van der Waals surface area contributed by atoms with Crippen LogP contribution in [0.15, 0.2) is 41.1 Å². The Morgan fingerprint density at radius 1 is 1.32 bits per heavy atom. The van der Waals surface area contributed by atoms with E-state index in [1.54, 1.807) is 6.20 Å². The van der Waals surface area contributed by atoms with Crippen LogP contribution in [0.25, 0.3) is 0 Å². The van der Waals surface area contributed by atoms with E-state index in [0.29, 0.717) is 0 Å². The molecule has 0 bridgehead atoms. The molecule has 0 saturated carbocycles. The molecule has 0 radical (unpaired) electrons. The van der Waals surface area contributed by atoms with E-state index in [1.165, 1.54) is 17.8 Å². The van der Waals surface area contributed by atoms with Crippen LogP contribution in [0, 0.1) is 12.7 Å². The van der Waals surface area contributed by atoms with Crippen LogP contribution >= 0.6 is 15.9 Å². The van der Waals surface area contributed by atoms with Crippen molar-refractivity contribution in [2.75, 3.05) is 6.54 Å². The molecule has 1 aromatic heterocycles. The van der Waals surface area contributed by atoms with Gasteiger partial charge in [0.1, 0.15) is 5.82 Å². The first kappa shape index (κ1) is 14.2. The molecule has 0 aliphatic heterocycles. The Labute approximate surface area is 121 Å². The van der Waals surface area contributed by atoms with Gasteiger partial charge in [-0.1, -0.05) is 40.5 Å². The van der Waals surface area contributed by atoms with Crippen molar-refractivity contribution in [2.45, 2.75) is 19.9 Å². The lowest BCUT2D eigenvalue weighted by Gasteiger charge is -2.20. The molecule has 0 spiro atoms. The first-order valence-electron chi connectivity index (χ1n) is 6.21. The van der Waals surface area contributed by atoms with Crippen LogP contribution in [0.2, 0.25) is 0 Å². The SMILES string of the molecule is CCNC(c1cncc(F)c1)c1cc(C)ccc1Br. The summed E-state index contributed by atoms with van der Waals surface area (Å²) in [5, 5.41) is 3.37. The highest BCUT2D eigenvalue weighted by atomic mass is 79.9. The number of hydrogen-bond donors (Lipinski definition) is 1. The van der Waals surface area contributed by atoms with Gasteiger partial charge in [0.25, 0.3) is 0 Å². The van der Waals surface area contributed by atoms with Gasteiger partial charge < -0.3 is 5.32 Å². The van der Waals surface area contributed by atoms with E-state index in [-0.39, 0.29) is 11.9 Å². The van der Waals surface area contributed by atoms with Crippen LogP contribution in [-0.4, -0.2) is 11.5 Å². The Morgan fingerprint density at radius 3 is 2.79 bits per heavy atom. The van der Waals surface area contributed by atoms with Gasteiger partial charge in [-0.2, -0.15) is 0 Å². The third-order valence-corrected chi connectivity index (χ3v) is 3.65. The highest BCUT2D eigenvalue weighted by molar-refractivity contribution is 9.10. The maximum atomic E-state index is 13.4. The third-order valence-electron chi connectivity index (χ3n) is 2.93. The summed E-state index contributed by atoms with van der Waals surface area (Å²) in [7, 11) is 0. The fourth-order valence-electron chi connectivity index (χ4n) is 2.08. The molecule has 1 heterocycles. The Hall–Kier alpha value is -1.26. The summed E-state index contributed by atoms with van der Waals surface area (Å²) < 4.78 is 14.4. The topological polar surface area (TPSA) is 24.9 Å². The van der Waals surface area contributed by atoms with Gasteiger partial charge in [-0.15, -0.1) is 0 Å². The highest BCUT2D eigenvalue weighted by Crippen LogP contribution is 2.29. The van der Waals surface area contributed by atoms with Crippen molar-refractivity contribution < 1.29 is 4.39 Å². The van der Waals surface area contributed by atoms with Crippen molar-refractivity contribution in [1.29, 1.82) is 0 Å². The summed E-state index contributed by atoms with van der Waals surface area (Å²) in [5.74, 6) is -0.316. The number of nitrogens with zero attached hydrogens (tertiary/aromatic N) is 1. The molecule has 1 unspecified atom stereocenters. The van der Waals surface area contributed by atoms with E-state index in [4.69, 9.17) is 0 Å². The van der Waals surface area contributed by atoms with Crippen molar-refractivity contribution in [3.8, 4) is 0 Å². The Balaban J connectivity index is 2.48. The molecule has 1 N–H and O–H groups in total. The second-order valence-electron chi connectivity index (χ2n) is 4.45. The maximum Gasteiger partial charge on any atom is 0.141 e. The number of hydrogen-bond acceptors (Lipinski definition) is 2. The molecule has 2 aromatic rings. The monoisotopic (exact) mass is 322 g/mol. The van der Waals surface area contributed by atoms with Crippen molar-refractivity contribution in [2.24, 2.45) is 0 Å². The van der Waals surface area contributed by atoms with E-state index < -0.39 is 0 Å². The van der Waals surface area contributed by atoms with Gasteiger partial charge in [0, 0.05) is 10.7 Å². The zero-order valence-corrected chi connectivity index (χ0v) is 12.5. The van der Waals surface area contributed by atoms with Crippen LogP contribution in [0.3, 0.4) is 0 Å². The predicted octanol–water partition coefficient (Wildman–Crippen LogP) is 3.99. The molecule has 0 aliphatic rings. The van der Waals surface area contributed by atoms with Gasteiger partial charge in [0.15, 0.2) is 0 Å². The van der Waals surface area contributed by atoms with Crippen LogP contribution in [-0.2, 0) is 0 Å². The lowest BCUT2D eigenvalue weighted by atomic mass is 9.98. The zero-order chi connectivity index (χ0) is 13.8. The van der Waals surface area contributed by atoms with Crippen LogP contribution < -0.4 is 5.32 Å². The van der Waals surface area contributed by atoms with Crippen LogP contribution in [0.4, 0.5) is 4.39 Å². The number of halogens is 2. The fraction of sp³-hybridized carbons (Fsp3) is 0.267. The van der Waals surface area contributed by atoms with Crippen molar-refractivity contribution in [3.63, 3.8) is 0 Å². The quantitative estimate of drug-likeness (QED) is 0.920. The Morgan fingerprint density at radius 2 is 2.11 bits per heavy atom. The number of benzene rings is 1. The van der Waals surface area contributed by atoms with Crippen LogP contribution in [0.5, 0.6) is 0 Å². The summed E-state index contributed by atoms with van der Waals surface area (Å²) in [6.07, 6.45) is 2.92. The molecule has 2 nitrogen and oxygen atoms in total. The Kier molecular flexibility index (Phi) is 4.66. The second kappa shape index (κ2) is 6.26. The zero-order valence-electron chi connectivity index (χ0n) is 11.0. The maximum absolute atomic E-state index is 13.4. The summed E-state index contributed by atoms with van der Waals surface area (Å²) in [6, 6.07) is 7.61. The first-order valence-corrected chi connectivity index (χ1v) is 7.01. The van der Waals surface area contributed by atoms with E-state index in [0.717, 1.165) is 22.1 Å². The average molecular weight is 323 g/mol. The lowest BCUT2D eigenvalue weighted by Crippen LogP contribution is -2.22. The van der Waals surface area contributed by atoms with Gasteiger partial charge in [-0.05, 0) is 36.7 Å². The predicted molar refractivity (Wildman–Crippen MR) is 78.6 cm³/mol. The second-order valence-corrected chi connectivity index (χ2v) is 5.31. The van der Waals surface area contributed by atoms with Crippen molar-refractivity contribution >= 4 is 15.9 Å². The molecule has 0 fully saturated rings. The molecule has 19 heavy (non-hydrogen) atoms. The van der Waals surface area contributed by atoms with Crippen molar-refractivity contribution in [1.82, 2.24) is 10.3 Å². The number of nitrogens with one attached hydrogen (secondary N) is 1. The summed E-state index contributed by atoms with van der Waals surface area (Å²) in [6.45, 7) is 4.87. The number of rotatable bonds is 4. The van der Waals surface area contributed by atoms with Gasteiger partial charge >= 0.3 is 0 Å². The highest BCUT2D eigenvalue weighted by Gasteiger charge is 2.16. The van der Waals surface area contributed by atoms with Gasteiger partial charge in [0.05, 0.1) is 12.2 Å². The van der Waals surface area contributed by atoms with Gasteiger partial charge in [-0.3, -0.25) is 4.98 Å². The minimum absolute atomic E-state index is 0.0672. The van der Waals surface area contributed by atoms with Crippen molar-refractivity contribution in [3.05, 3.63) is 63.6 Å². The molecule has 4 heteroatoms. The molecule has 1 atom stereocenters. The molecule has 0 aliphatic carbocycles. The van der Waals surface area contributed by atoms with E-state index in [1.807, 2.05) is 26.0 Å². The number of aromatic nitrogens is 1. The van der Waals surface area contributed by atoms with Crippen LogP contribution in [0.1, 0.15) is 29.7 Å². The summed E-state index contributed by atoms with van der Waals surface area (Å²) >= 11 is 3.56. The van der Waals surface area contributed by atoms with Gasteiger partial charge in [0.2, 0.25) is 0 Å². The van der Waals surface area contributed by atoms with E-state index in [2.05, 4.69) is 32.3 Å². The van der Waals surface area contributed by atoms with E-state index >= 15 is 0 Å². The molecule has 100 valence electrons. The summed E-state index contributed by atoms with van der Waals surface area (Å²) in [5.41, 5.74) is 3.09. The summed E-state index contributed by atoms with van der Waals surface area (Å²) in [4.78, 5) is 3.93.